The van der Waals surface area contributed by atoms with Gasteiger partial charge in [-0.3, -0.25) is 9.59 Å². The quantitative estimate of drug-likeness (QED) is 0.663. The van der Waals surface area contributed by atoms with Crippen LogP contribution in [-0.4, -0.2) is 50.1 Å². The second-order valence-corrected chi connectivity index (χ2v) is 6.40. The van der Waals surface area contributed by atoms with E-state index in [1.165, 1.54) is 4.90 Å². The van der Waals surface area contributed by atoms with E-state index in [2.05, 4.69) is 5.32 Å². The molecule has 0 spiro atoms. The molecular formula is C22H28N2O5. The molecule has 7 nitrogen and oxygen atoms in total. The Hall–Kier alpha value is -3.22. The maximum atomic E-state index is 12.9. The van der Waals surface area contributed by atoms with Crippen molar-refractivity contribution in [3.63, 3.8) is 0 Å². The third kappa shape index (κ3) is 6.41. The number of hydrogen-bond donors (Lipinski definition) is 1. The smallest absolute Gasteiger partial charge is 0.261 e. The fourth-order valence-corrected chi connectivity index (χ4v) is 2.73. The Morgan fingerprint density at radius 1 is 0.931 bits per heavy atom. The highest BCUT2D eigenvalue weighted by atomic mass is 16.5. The molecule has 1 atom stereocenters. The summed E-state index contributed by atoms with van der Waals surface area (Å²) in [5, 5.41) is 2.76. The highest BCUT2D eigenvalue weighted by Gasteiger charge is 2.26. The van der Waals surface area contributed by atoms with E-state index in [4.69, 9.17) is 14.2 Å². The summed E-state index contributed by atoms with van der Waals surface area (Å²) in [5.41, 5.74) is 0.889. The highest BCUT2D eigenvalue weighted by Crippen LogP contribution is 2.18. The number of nitrogens with zero attached hydrogens (tertiary/aromatic N) is 1. The summed E-state index contributed by atoms with van der Waals surface area (Å²) in [7, 11) is 3.18. The van der Waals surface area contributed by atoms with Gasteiger partial charge >= 0.3 is 0 Å². The molecule has 0 heterocycles. The van der Waals surface area contributed by atoms with Crippen LogP contribution in [-0.2, 0) is 16.1 Å². The zero-order valence-electron chi connectivity index (χ0n) is 17.3. The number of hydrogen-bond acceptors (Lipinski definition) is 5. The van der Waals surface area contributed by atoms with Crippen molar-refractivity contribution in [2.45, 2.75) is 26.4 Å². The van der Waals surface area contributed by atoms with Crippen molar-refractivity contribution >= 4 is 11.8 Å². The lowest BCUT2D eigenvalue weighted by Crippen LogP contribution is -2.49. The van der Waals surface area contributed by atoms with E-state index in [1.54, 1.807) is 45.4 Å². The van der Waals surface area contributed by atoms with Crippen molar-refractivity contribution in [1.82, 2.24) is 10.2 Å². The van der Waals surface area contributed by atoms with E-state index < -0.39 is 6.04 Å². The Balaban J connectivity index is 2.10. The van der Waals surface area contributed by atoms with Crippen LogP contribution in [0.2, 0.25) is 0 Å². The number of nitrogens with one attached hydrogen (secondary N) is 1. The second-order valence-electron chi connectivity index (χ2n) is 6.40. The zero-order chi connectivity index (χ0) is 21.2. The van der Waals surface area contributed by atoms with Crippen LogP contribution < -0.4 is 19.5 Å². The van der Waals surface area contributed by atoms with E-state index in [1.807, 2.05) is 31.2 Å². The Morgan fingerprint density at radius 3 is 1.97 bits per heavy atom. The molecule has 0 aliphatic rings. The van der Waals surface area contributed by atoms with E-state index in [9.17, 15) is 9.59 Å². The van der Waals surface area contributed by atoms with Crippen LogP contribution in [0.4, 0.5) is 0 Å². The number of carbonyl (C=O) groups excluding carboxylic acids is 2. The number of rotatable bonds is 10. The summed E-state index contributed by atoms with van der Waals surface area (Å²) < 4.78 is 15.9. The van der Waals surface area contributed by atoms with Crippen molar-refractivity contribution in [3.05, 3.63) is 54.1 Å². The summed E-state index contributed by atoms with van der Waals surface area (Å²) in [6.45, 7) is 4.16. The van der Waals surface area contributed by atoms with Crippen LogP contribution >= 0.6 is 0 Å². The van der Waals surface area contributed by atoms with E-state index >= 15 is 0 Å². The fraction of sp³-hybridized carbons (Fsp3) is 0.364. The number of carbonyl (C=O) groups is 2. The van der Waals surface area contributed by atoms with Crippen molar-refractivity contribution in [2.75, 3.05) is 27.4 Å². The largest absolute Gasteiger partial charge is 0.497 e. The molecular weight excluding hydrogens is 372 g/mol. The summed E-state index contributed by atoms with van der Waals surface area (Å²) in [6, 6.07) is 13.7. The monoisotopic (exact) mass is 400 g/mol. The van der Waals surface area contributed by atoms with Crippen molar-refractivity contribution in [2.24, 2.45) is 0 Å². The predicted octanol–water partition coefficient (Wildman–Crippen LogP) is 2.64. The number of likely N-dealkylation sites (N-methyl/N-ethyl adjacent to an activating group) is 1. The average molecular weight is 400 g/mol. The van der Waals surface area contributed by atoms with Crippen LogP contribution in [0.5, 0.6) is 17.2 Å². The molecule has 0 saturated carbocycles. The number of methoxy groups -OCH3 is 2. The highest BCUT2D eigenvalue weighted by molar-refractivity contribution is 5.87. The molecule has 0 aliphatic heterocycles. The number of benzene rings is 2. The first-order valence-electron chi connectivity index (χ1n) is 9.45. The zero-order valence-corrected chi connectivity index (χ0v) is 17.3. The Kier molecular flexibility index (Phi) is 8.33. The van der Waals surface area contributed by atoms with Gasteiger partial charge in [-0.15, -0.1) is 0 Å². The van der Waals surface area contributed by atoms with Gasteiger partial charge in [0.15, 0.2) is 6.61 Å². The molecule has 2 amide bonds. The fourth-order valence-electron chi connectivity index (χ4n) is 2.73. The van der Waals surface area contributed by atoms with Crippen LogP contribution in [0.1, 0.15) is 19.4 Å². The maximum absolute atomic E-state index is 12.9. The number of ether oxygens (including phenoxy) is 3. The molecule has 2 aromatic rings. The van der Waals surface area contributed by atoms with Crippen molar-refractivity contribution in [3.8, 4) is 17.2 Å². The molecule has 1 N–H and O–H groups in total. The lowest BCUT2D eigenvalue weighted by atomic mass is 10.1. The Morgan fingerprint density at radius 2 is 1.45 bits per heavy atom. The molecule has 0 bridgehead atoms. The molecule has 156 valence electrons. The van der Waals surface area contributed by atoms with Gasteiger partial charge in [-0.1, -0.05) is 12.1 Å². The lowest BCUT2D eigenvalue weighted by molar-refractivity contribution is -0.142. The van der Waals surface area contributed by atoms with E-state index in [0.717, 1.165) is 11.3 Å². The average Bonchev–Trinajstić information content (AvgIpc) is 2.76. The molecule has 0 radical (unpaired) electrons. The van der Waals surface area contributed by atoms with Gasteiger partial charge in [0, 0.05) is 13.1 Å². The minimum Gasteiger partial charge on any atom is -0.497 e. The summed E-state index contributed by atoms with van der Waals surface area (Å²) in [5.74, 6) is 1.49. The van der Waals surface area contributed by atoms with Crippen molar-refractivity contribution < 1.29 is 23.8 Å². The van der Waals surface area contributed by atoms with Gasteiger partial charge in [0.1, 0.15) is 23.3 Å². The standard InChI is InChI=1S/C22H28N2O5/c1-5-23-22(26)16(2)24(14-17-6-8-18(27-3)9-7-17)21(25)15-29-20-12-10-19(28-4)11-13-20/h6-13,16H,5,14-15H2,1-4H3,(H,23,26). The molecule has 7 heteroatoms. The van der Waals surface area contributed by atoms with Crippen LogP contribution in [0.3, 0.4) is 0 Å². The molecule has 0 saturated heterocycles. The maximum Gasteiger partial charge on any atom is 0.261 e. The minimum atomic E-state index is -0.635. The normalized spacial score (nSPS) is 11.3. The topological polar surface area (TPSA) is 77.1 Å². The van der Waals surface area contributed by atoms with Crippen LogP contribution in [0.25, 0.3) is 0 Å². The third-order valence-electron chi connectivity index (χ3n) is 4.45. The molecule has 29 heavy (non-hydrogen) atoms. The minimum absolute atomic E-state index is 0.174. The van der Waals surface area contributed by atoms with Gasteiger partial charge in [0.2, 0.25) is 5.91 Å². The third-order valence-corrected chi connectivity index (χ3v) is 4.45. The predicted molar refractivity (Wildman–Crippen MR) is 110 cm³/mol. The van der Waals surface area contributed by atoms with Crippen molar-refractivity contribution in [1.29, 1.82) is 0 Å². The first-order valence-corrected chi connectivity index (χ1v) is 9.45. The van der Waals surface area contributed by atoms with Gasteiger partial charge in [0.05, 0.1) is 14.2 Å². The molecule has 1 unspecified atom stereocenters. The van der Waals surface area contributed by atoms with Crippen LogP contribution in [0, 0.1) is 0 Å². The van der Waals surface area contributed by atoms with Gasteiger partial charge in [-0.2, -0.15) is 0 Å². The van der Waals surface area contributed by atoms with E-state index in [0.29, 0.717) is 18.0 Å². The molecule has 2 rings (SSSR count). The van der Waals surface area contributed by atoms with Gasteiger partial charge in [-0.05, 0) is 55.8 Å². The first kappa shape index (κ1) is 22.1. The molecule has 0 aromatic heterocycles. The summed E-state index contributed by atoms with van der Waals surface area (Å²) >= 11 is 0. The second kappa shape index (κ2) is 10.9. The van der Waals surface area contributed by atoms with Gasteiger partial charge in [0.25, 0.3) is 5.91 Å². The SMILES string of the molecule is CCNC(=O)C(C)N(Cc1ccc(OC)cc1)C(=O)COc1ccc(OC)cc1. The lowest BCUT2D eigenvalue weighted by Gasteiger charge is -2.28. The summed E-state index contributed by atoms with van der Waals surface area (Å²) in [4.78, 5) is 26.7. The van der Waals surface area contributed by atoms with Gasteiger partial charge < -0.3 is 24.4 Å². The van der Waals surface area contributed by atoms with E-state index in [-0.39, 0.29) is 25.0 Å². The number of amides is 2. The van der Waals surface area contributed by atoms with Crippen LogP contribution in [0.15, 0.2) is 48.5 Å². The molecule has 0 fully saturated rings. The molecule has 0 aliphatic carbocycles. The first-order chi connectivity index (χ1) is 14.0. The molecule has 2 aromatic carbocycles. The summed E-state index contributed by atoms with van der Waals surface area (Å²) in [6.07, 6.45) is 0. The Bertz CT molecular complexity index is 790. The van der Waals surface area contributed by atoms with Gasteiger partial charge in [-0.25, -0.2) is 0 Å². The Labute approximate surface area is 171 Å².